The summed E-state index contributed by atoms with van der Waals surface area (Å²) in [4.78, 5) is 11.7. The monoisotopic (exact) mass is 270 g/mol. The Bertz CT molecular complexity index is 368. The van der Waals surface area contributed by atoms with Crippen LogP contribution in [0.4, 0.5) is 0 Å². The molecule has 4 nitrogen and oxygen atoms in total. The molecule has 0 saturated heterocycles. The molecule has 0 aliphatic carbocycles. The number of carbonyl (C=O) groups is 1. The van der Waals surface area contributed by atoms with E-state index in [1.807, 2.05) is 12.1 Å². The van der Waals surface area contributed by atoms with E-state index >= 15 is 0 Å². The fourth-order valence-corrected chi connectivity index (χ4v) is 1.63. The summed E-state index contributed by atoms with van der Waals surface area (Å²) < 4.78 is 4.91. The zero-order chi connectivity index (χ0) is 13.4. The highest BCUT2D eigenvalue weighted by Gasteiger charge is 2.12. The van der Waals surface area contributed by atoms with Crippen molar-refractivity contribution in [2.45, 2.75) is 25.4 Å². The van der Waals surface area contributed by atoms with Crippen molar-refractivity contribution in [3.63, 3.8) is 0 Å². The third-order valence-corrected chi connectivity index (χ3v) is 2.83. The molecule has 0 spiro atoms. The Morgan fingerprint density at radius 3 is 2.72 bits per heavy atom. The molecule has 100 valence electrons. The molecule has 1 atom stereocenters. The van der Waals surface area contributed by atoms with Gasteiger partial charge in [-0.2, -0.15) is 0 Å². The van der Waals surface area contributed by atoms with Crippen molar-refractivity contribution in [3.05, 3.63) is 34.9 Å². The first-order chi connectivity index (χ1) is 8.63. The summed E-state index contributed by atoms with van der Waals surface area (Å²) in [5, 5.41) is 3.48. The van der Waals surface area contributed by atoms with Gasteiger partial charge in [-0.3, -0.25) is 4.79 Å². The molecule has 1 aromatic rings. The molecule has 5 heteroatoms. The second-order valence-electron chi connectivity index (χ2n) is 4.09. The van der Waals surface area contributed by atoms with Crippen LogP contribution in [0.15, 0.2) is 24.3 Å². The first-order valence-electron chi connectivity index (χ1n) is 5.90. The lowest BCUT2D eigenvalue weighted by Crippen LogP contribution is -2.40. The number of methoxy groups -OCH3 is 1. The molecule has 0 heterocycles. The van der Waals surface area contributed by atoms with Crippen molar-refractivity contribution in [2.75, 3.05) is 13.7 Å². The van der Waals surface area contributed by atoms with E-state index in [0.29, 0.717) is 24.6 Å². The van der Waals surface area contributed by atoms with Gasteiger partial charge in [0.15, 0.2) is 0 Å². The third kappa shape index (κ3) is 5.49. The third-order valence-electron chi connectivity index (χ3n) is 2.58. The van der Waals surface area contributed by atoms with E-state index in [-0.39, 0.29) is 5.91 Å². The van der Waals surface area contributed by atoms with Gasteiger partial charge in [-0.1, -0.05) is 23.7 Å². The van der Waals surface area contributed by atoms with Gasteiger partial charge in [-0.15, -0.1) is 0 Å². The number of nitrogens with one attached hydrogen (secondary N) is 1. The molecule has 1 amide bonds. The van der Waals surface area contributed by atoms with E-state index in [0.717, 1.165) is 12.0 Å². The first kappa shape index (κ1) is 15.0. The Balaban J connectivity index is 2.29. The SMILES string of the molecule is COCCCC(N)C(=O)NCc1ccc(Cl)cc1. The zero-order valence-electron chi connectivity index (χ0n) is 10.5. The summed E-state index contributed by atoms with van der Waals surface area (Å²) in [5.41, 5.74) is 6.75. The van der Waals surface area contributed by atoms with E-state index < -0.39 is 6.04 Å². The van der Waals surface area contributed by atoms with E-state index in [2.05, 4.69) is 5.32 Å². The fourth-order valence-electron chi connectivity index (χ4n) is 1.50. The Labute approximate surface area is 112 Å². The minimum atomic E-state index is -0.479. The van der Waals surface area contributed by atoms with Crippen LogP contribution < -0.4 is 11.1 Å². The largest absolute Gasteiger partial charge is 0.385 e. The summed E-state index contributed by atoms with van der Waals surface area (Å²) in [6.45, 7) is 1.09. The maximum absolute atomic E-state index is 11.7. The van der Waals surface area contributed by atoms with Crippen LogP contribution in [0.25, 0.3) is 0 Å². The lowest BCUT2D eigenvalue weighted by Gasteiger charge is -2.12. The Morgan fingerprint density at radius 1 is 1.44 bits per heavy atom. The average molecular weight is 271 g/mol. The number of carbonyl (C=O) groups excluding carboxylic acids is 1. The normalized spacial score (nSPS) is 12.2. The van der Waals surface area contributed by atoms with Crippen LogP contribution in [0.5, 0.6) is 0 Å². The molecule has 1 aromatic carbocycles. The summed E-state index contributed by atoms with van der Waals surface area (Å²) in [6.07, 6.45) is 1.41. The topological polar surface area (TPSA) is 64.3 Å². The predicted molar refractivity (Wildman–Crippen MR) is 72.4 cm³/mol. The summed E-state index contributed by atoms with van der Waals surface area (Å²) >= 11 is 5.78. The molecule has 1 rings (SSSR count). The second-order valence-corrected chi connectivity index (χ2v) is 4.52. The first-order valence-corrected chi connectivity index (χ1v) is 6.28. The van der Waals surface area contributed by atoms with Gasteiger partial charge < -0.3 is 15.8 Å². The van der Waals surface area contributed by atoms with Gasteiger partial charge in [-0.05, 0) is 30.5 Å². The van der Waals surface area contributed by atoms with Gasteiger partial charge in [0.2, 0.25) is 5.91 Å². The smallest absolute Gasteiger partial charge is 0.237 e. The summed E-state index contributed by atoms with van der Waals surface area (Å²) in [7, 11) is 1.63. The number of rotatable bonds is 7. The standard InChI is InChI=1S/C13H19ClN2O2/c1-18-8-2-3-12(15)13(17)16-9-10-4-6-11(14)7-5-10/h4-7,12H,2-3,8-9,15H2,1H3,(H,16,17). The van der Waals surface area contributed by atoms with Crippen molar-refractivity contribution >= 4 is 17.5 Å². The van der Waals surface area contributed by atoms with Crippen molar-refractivity contribution in [2.24, 2.45) is 5.73 Å². The van der Waals surface area contributed by atoms with E-state index in [4.69, 9.17) is 22.1 Å². The van der Waals surface area contributed by atoms with Crippen molar-refractivity contribution in [3.8, 4) is 0 Å². The molecule has 0 bridgehead atoms. The van der Waals surface area contributed by atoms with Crippen LogP contribution in [0.1, 0.15) is 18.4 Å². The van der Waals surface area contributed by atoms with Crippen LogP contribution in [0.3, 0.4) is 0 Å². The average Bonchev–Trinajstić information content (AvgIpc) is 2.38. The highest BCUT2D eigenvalue weighted by Crippen LogP contribution is 2.09. The van der Waals surface area contributed by atoms with Gasteiger partial charge in [0.1, 0.15) is 0 Å². The highest BCUT2D eigenvalue weighted by atomic mass is 35.5. The van der Waals surface area contributed by atoms with Gasteiger partial charge in [0.05, 0.1) is 6.04 Å². The minimum Gasteiger partial charge on any atom is -0.385 e. The number of hydrogen-bond acceptors (Lipinski definition) is 3. The molecule has 3 N–H and O–H groups in total. The summed E-state index contributed by atoms with van der Waals surface area (Å²) in [5.74, 6) is -0.138. The van der Waals surface area contributed by atoms with Crippen molar-refractivity contribution in [1.82, 2.24) is 5.32 Å². The van der Waals surface area contributed by atoms with Crippen LogP contribution in [-0.2, 0) is 16.1 Å². The van der Waals surface area contributed by atoms with Crippen LogP contribution in [0.2, 0.25) is 5.02 Å². The number of nitrogens with two attached hydrogens (primary N) is 1. The van der Waals surface area contributed by atoms with E-state index in [1.54, 1.807) is 19.2 Å². The molecule has 1 unspecified atom stereocenters. The van der Waals surface area contributed by atoms with Gasteiger partial charge in [0, 0.05) is 25.3 Å². The highest BCUT2D eigenvalue weighted by molar-refractivity contribution is 6.30. The summed E-state index contributed by atoms with van der Waals surface area (Å²) in [6, 6.07) is 6.86. The van der Waals surface area contributed by atoms with E-state index in [9.17, 15) is 4.79 Å². The number of amides is 1. The maximum Gasteiger partial charge on any atom is 0.237 e. The molecule has 18 heavy (non-hydrogen) atoms. The molecule has 0 saturated carbocycles. The Morgan fingerprint density at radius 2 is 2.11 bits per heavy atom. The lowest BCUT2D eigenvalue weighted by atomic mass is 10.1. The second kappa shape index (κ2) is 8.08. The maximum atomic E-state index is 11.7. The molecule has 0 aliphatic heterocycles. The van der Waals surface area contributed by atoms with E-state index in [1.165, 1.54) is 0 Å². The van der Waals surface area contributed by atoms with Crippen LogP contribution in [-0.4, -0.2) is 25.7 Å². The molecule has 0 radical (unpaired) electrons. The molecule has 0 aromatic heterocycles. The van der Waals surface area contributed by atoms with Crippen LogP contribution >= 0.6 is 11.6 Å². The van der Waals surface area contributed by atoms with Crippen molar-refractivity contribution < 1.29 is 9.53 Å². The number of hydrogen-bond donors (Lipinski definition) is 2. The van der Waals surface area contributed by atoms with Gasteiger partial charge in [-0.25, -0.2) is 0 Å². The molecular weight excluding hydrogens is 252 g/mol. The minimum absolute atomic E-state index is 0.138. The fraction of sp³-hybridized carbons (Fsp3) is 0.462. The Hall–Kier alpha value is -1.10. The molecular formula is C13H19ClN2O2. The van der Waals surface area contributed by atoms with Crippen LogP contribution in [0, 0.1) is 0 Å². The van der Waals surface area contributed by atoms with Gasteiger partial charge >= 0.3 is 0 Å². The van der Waals surface area contributed by atoms with Crippen molar-refractivity contribution in [1.29, 1.82) is 0 Å². The number of benzene rings is 1. The molecule has 0 aliphatic rings. The predicted octanol–water partition coefficient (Wildman–Crippen LogP) is 1.71. The Kier molecular flexibility index (Phi) is 6.72. The van der Waals surface area contributed by atoms with Gasteiger partial charge in [0.25, 0.3) is 0 Å². The lowest BCUT2D eigenvalue weighted by molar-refractivity contribution is -0.122. The zero-order valence-corrected chi connectivity index (χ0v) is 11.2. The number of ether oxygens (including phenoxy) is 1. The number of halogens is 1. The quantitative estimate of drug-likeness (QED) is 0.742. The molecule has 0 fully saturated rings.